The highest BCUT2D eigenvalue weighted by Gasteiger charge is 2.34. The maximum absolute atomic E-state index is 11.7. The molecule has 4 heterocycles. The smallest absolute Gasteiger partial charge is 0.327 e. The van der Waals surface area contributed by atoms with Crippen molar-refractivity contribution in [2.24, 2.45) is 18.9 Å². The van der Waals surface area contributed by atoms with Crippen molar-refractivity contribution in [3.63, 3.8) is 0 Å². The van der Waals surface area contributed by atoms with Gasteiger partial charge in [0.15, 0.2) is 0 Å². The van der Waals surface area contributed by atoms with E-state index in [2.05, 4.69) is 148 Å². The van der Waals surface area contributed by atoms with Crippen molar-refractivity contribution >= 4 is 61.9 Å². The molecule has 0 atom stereocenters. The third-order valence-electron chi connectivity index (χ3n) is 13.8. The minimum Gasteiger partial charge on any atom is -0.493 e. The first-order valence-corrected chi connectivity index (χ1v) is 25.2. The Morgan fingerprint density at radius 3 is 1.49 bits per heavy atom. The molecular weight excluding hydrogens is 912 g/mol. The number of nitriles is 1. The molecule has 0 aliphatic heterocycles. The standard InChI is InChI=1S/C63H57BN8O2/c1-38(2)36-73-48-25-21-44(22-26-48)60-57-58(62(71(60)10)50(33-65)55-34-67-51-29-40(5)42(7)31-53(51)69-55)61(45-23-27-49(28-24-45)74-37-39(3)4)72(64(46-17-13-11-14-18-46)47-19-15-12-16-20-47)63(57)59(66-9)56-35-68-52-30-41(6)43(8)32-54(52)70-56/h11-32,34-35,38-39H,36-37H2,1-8,10H3/b62-50-,63-59+. The van der Waals surface area contributed by atoms with E-state index in [1.165, 1.54) is 0 Å². The van der Waals surface area contributed by atoms with E-state index in [9.17, 15) is 11.8 Å². The first-order valence-electron chi connectivity index (χ1n) is 25.2. The van der Waals surface area contributed by atoms with Crippen LogP contribution in [-0.4, -0.2) is 49.0 Å². The van der Waals surface area contributed by atoms with Crippen LogP contribution < -0.4 is 31.1 Å². The Morgan fingerprint density at radius 2 is 1.03 bits per heavy atom. The van der Waals surface area contributed by atoms with Gasteiger partial charge in [0, 0.05) is 35.1 Å². The van der Waals surface area contributed by atoms with Gasteiger partial charge < -0.3 is 18.5 Å². The maximum Gasteiger partial charge on any atom is 0.327 e. The summed E-state index contributed by atoms with van der Waals surface area (Å²) in [4.78, 5) is 24.9. The van der Waals surface area contributed by atoms with Crippen LogP contribution in [0.2, 0.25) is 0 Å². The van der Waals surface area contributed by atoms with Gasteiger partial charge in [0.05, 0.1) is 64.8 Å². The molecule has 0 radical (unpaired) electrons. The van der Waals surface area contributed by atoms with Crippen LogP contribution in [0.4, 0.5) is 0 Å². The van der Waals surface area contributed by atoms with Gasteiger partial charge in [-0.2, -0.15) is 5.26 Å². The molecule has 0 bridgehead atoms. The van der Waals surface area contributed by atoms with Crippen molar-refractivity contribution in [1.29, 1.82) is 5.26 Å². The minimum atomic E-state index is -0.503. The Bertz CT molecular complexity index is 3940. The number of nitrogens with zero attached hydrogens (tertiary/aromatic N) is 8. The zero-order valence-electron chi connectivity index (χ0n) is 43.4. The van der Waals surface area contributed by atoms with Crippen LogP contribution in [-0.2, 0) is 7.05 Å². The summed E-state index contributed by atoms with van der Waals surface area (Å²) in [6, 6.07) is 47.9. The van der Waals surface area contributed by atoms with Crippen molar-refractivity contribution in [1.82, 2.24) is 29.0 Å². The lowest BCUT2D eigenvalue weighted by molar-refractivity contribution is 0.271. The van der Waals surface area contributed by atoms with Crippen molar-refractivity contribution < 1.29 is 9.47 Å². The lowest BCUT2D eigenvalue weighted by Gasteiger charge is -2.22. The van der Waals surface area contributed by atoms with Gasteiger partial charge in [0.1, 0.15) is 28.8 Å². The van der Waals surface area contributed by atoms with Gasteiger partial charge in [-0.25, -0.2) is 9.83 Å². The molecule has 0 aliphatic rings. The summed E-state index contributed by atoms with van der Waals surface area (Å²) in [7, 11) is 2.00. The largest absolute Gasteiger partial charge is 0.493 e. The average Bonchev–Trinajstić information content (AvgIpc) is 3.88. The van der Waals surface area contributed by atoms with E-state index in [0.29, 0.717) is 69.4 Å². The van der Waals surface area contributed by atoms with Crippen molar-refractivity contribution in [2.75, 3.05) is 13.2 Å². The van der Waals surface area contributed by atoms with E-state index in [1.54, 1.807) is 12.4 Å². The third-order valence-corrected chi connectivity index (χ3v) is 13.8. The van der Waals surface area contributed by atoms with Gasteiger partial charge in [-0.3, -0.25) is 15.0 Å². The zero-order valence-corrected chi connectivity index (χ0v) is 43.4. The first kappa shape index (κ1) is 48.8. The number of aromatic nitrogens is 6. The lowest BCUT2D eigenvalue weighted by atomic mass is 9.50. The number of hydrogen-bond donors (Lipinski definition) is 0. The molecule has 0 saturated heterocycles. The molecule has 0 aliphatic carbocycles. The fourth-order valence-corrected chi connectivity index (χ4v) is 9.84. The van der Waals surface area contributed by atoms with Crippen LogP contribution in [0.1, 0.15) is 61.3 Å². The Hall–Kier alpha value is -8.80. The van der Waals surface area contributed by atoms with Crippen LogP contribution in [0.3, 0.4) is 0 Å². The number of benzene rings is 6. The molecule has 74 heavy (non-hydrogen) atoms. The summed E-state index contributed by atoms with van der Waals surface area (Å²) < 4.78 is 16.9. The zero-order chi connectivity index (χ0) is 51.8. The average molecular weight is 969 g/mol. The molecule has 0 unspecified atom stereocenters. The number of fused-ring (bicyclic) bond motifs is 3. The second-order valence-corrected chi connectivity index (χ2v) is 20.1. The predicted molar refractivity (Wildman–Crippen MR) is 300 cm³/mol. The van der Waals surface area contributed by atoms with Gasteiger partial charge in [-0.1, -0.05) is 99.3 Å². The Morgan fingerprint density at radius 1 is 0.595 bits per heavy atom. The summed E-state index contributed by atoms with van der Waals surface area (Å²) in [6.07, 6.45) is 3.43. The number of ether oxygens (including phenoxy) is 2. The Labute approximate surface area is 432 Å². The molecule has 11 heteroatoms. The quantitative estimate of drug-likeness (QED) is 0.0836. The van der Waals surface area contributed by atoms with Crippen LogP contribution in [0.5, 0.6) is 11.5 Å². The Balaban J connectivity index is 1.48. The molecule has 10 rings (SSSR count). The molecule has 0 saturated carbocycles. The predicted octanol–water partition coefficient (Wildman–Crippen LogP) is 11.0. The first-order chi connectivity index (χ1) is 35.8. The SMILES string of the molecule is [C-]#[N+]/C(c1cnc2cc(C)c(C)cc2n1)=c1\c2c(-c3ccc(OCC(C)C)cc3)n(C)/c(=C(/C#N)c3cnc4cc(C)c(C)cc4n3)c2c(-c2ccc(OCC(C)C)cc2)n1B(c1ccccc1)c1ccccc1. The summed E-state index contributed by atoms with van der Waals surface area (Å²) in [5.74, 6) is 2.14. The fourth-order valence-electron chi connectivity index (χ4n) is 9.84. The highest BCUT2D eigenvalue weighted by molar-refractivity contribution is 6.84. The van der Waals surface area contributed by atoms with Gasteiger partial charge in [0.2, 0.25) is 5.70 Å². The van der Waals surface area contributed by atoms with E-state index >= 15 is 0 Å². The third kappa shape index (κ3) is 9.18. The second-order valence-electron chi connectivity index (χ2n) is 20.1. The number of rotatable bonds is 13. The van der Waals surface area contributed by atoms with Crippen molar-refractivity contribution in [3.8, 4) is 40.1 Å². The van der Waals surface area contributed by atoms with E-state index in [1.807, 2.05) is 67.7 Å². The summed E-state index contributed by atoms with van der Waals surface area (Å²) in [5.41, 5.74) is 14.0. The van der Waals surface area contributed by atoms with Crippen LogP contribution in [0.25, 0.3) is 71.5 Å². The molecule has 0 amide bonds. The molecule has 0 N–H and O–H groups in total. The van der Waals surface area contributed by atoms with E-state index in [0.717, 1.165) is 89.0 Å². The molecule has 0 fully saturated rings. The topological polar surface area (TPSA) is 108 Å². The number of aryl methyl sites for hydroxylation is 4. The highest BCUT2D eigenvalue weighted by Crippen LogP contribution is 2.37. The summed E-state index contributed by atoms with van der Waals surface area (Å²) in [6.45, 7) is 26.8. The van der Waals surface area contributed by atoms with E-state index < -0.39 is 6.85 Å². The Kier molecular flexibility index (Phi) is 13.4. The molecule has 10 aromatic rings. The molecule has 4 aromatic heterocycles. The minimum absolute atomic E-state index is 0.299. The monoisotopic (exact) mass is 968 g/mol. The van der Waals surface area contributed by atoms with Gasteiger partial charge in [0.25, 0.3) is 0 Å². The maximum atomic E-state index is 11.7. The normalized spacial score (nSPS) is 12.3. The van der Waals surface area contributed by atoms with E-state index in [4.69, 9.17) is 29.4 Å². The lowest BCUT2D eigenvalue weighted by Crippen LogP contribution is -2.53. The van der Waals surface area contributed by atoms with Crippen molar-refractivity contribution in [2.45, 2.75) is 55.4 Å². The van der Waals surface area contributed by atoms with Crippen molar-refractivity contribution in [3.05, 3.63) is 202 Å². The highest BCUT2D eigenvalue weighted by atomic mass is 16.5. The molecule has 6 aromatic carbocycles. The second kappa shape index (κ2) is 20.4. The van der Waals surface area contributed by atoms with Gasteiger partial charge in [-0.15, -0.1) is 0 Å². The van der Waals surface area contributed by atoms with Gasteiger partial charge >= 0.3 is 6.85 Å². The summed E-state index contributed by atoms with van der Waals surface area (Å²) in [5, 5.41) is 14.5. The fraction of sp³-hybridized carbons (Fsp3) is 0.206. The molecule has 0 spiro atoms. The van der Waals surface area contributed by atoms with Crippen LogP contribution >= 0.6 is 0 Å². The number of hydrogen-bond acceptors (Lipinski definition) is 7. The molecule has 364 valence electrons. The molecular formula is C63H57BN8O2. The van der Waals surface area contributed by atoms with Gasteiger partial charge in [-0.05, 0) is 146 Å². The van der Waals surface area contributed by atoms with Crippen LogP contribution in [0.15, 0.2) is 146 Å². The summed E-state index contributed by atoms with van der Waals surface area (Å²) >= 11 is 0. The van der Waals surface area contributed by atoms with E-state index in [-0.39, 0.29) is 0 Å². The van der Waals surface area contributed by atoms with Crippen LogP contribution in [0, 0.1) is 57.4 Å². The molecule has 10 nitrogen and oxygen atoms in total.